The third-order valence-corrected chi connectivity index (χ3v) is 7.61. The van der Waals surface area contributed by atoms with Crippen molar-refractivity contribution in [2.24, 2.45) is 0 Å². The van der Waals surface area contributed by atoms with Crippen molar-refractivity contribution in [3.8, 4) is 0 Å². The Morgan fingerprint density at radius 3 is 1.95 bits per heavy atom. The minimum Gasteiger partial charge on any atom is -0.394 e. The van der Waals surface area contributed by atoms with Crippen LogP contribution in [0.25, 0.3) is 0 Å². The van der Waals surface area contributed by atoms with Gasteiger partial charge in [0.25, 0.3) is 0 Å². The number of ether oxygens (including phenoxy) is 2. The van der Waals surface area contributed by atoms with Crippen molar-refractivity contribution in [3.05, 3.63) is 12.2 Å². The Bertz CT molecular complexity index is 647. The first kappa shape index (κ1) is 37.0. The van der Waals surface area contributed by atoms with Gasteiger partial charge in [-0.25, -0.2) is 0 Å². The van der Waals surface area contributed by atoms with Gasteiger partial charge < -0.3 is 40.3 Å². The van der Waals surface area contributed by atoms with E-state index in [1.807, 2.05) is 6.08 Å². The number of hydrogen-bond donors (Lipinski definition) is 6. The van der Waals surface area contributed by atoms with Crippen LogP contribution in [0.2, 0.25) is 0 Å². The number of rotatable bonds is 24. The van der Waals surface area contributed by atoms with Crippen LogP contribution in [-0.4, -0.2) is 87.5 Å². The highest BCUT2D eigenvalue weighted by atomic mass is 16.7. The van der Waals surface area contributed by atoms with Gasteiger partial charge in [0.05, 0.1) is 25.4 Å². The first-order chi connectivity index (χ1) is 19.3. The normalized spacial score (nSPS) is 24.8. The lowest BCUT2D eigenvalue weighted by molar-refractivity contribution is -0.302. The third-order valence-electron chi connectivity index (χ3n) is 7.61. The first-order valence-electron chi connectivity index (χ1n) is 15.9. The Morgan fingerprint density at radius 2 is 1.38 bits per heavy atom. The highest BCUT2D eigenvalue weighted by Gasteiger charge is 2.44. The molecule has 0 aromatic carbocycles. The molecule has 0 radical (unpaired) electrons. The summed E-state index contributed by atoms with van der Waals surface area (Å²) in [5.41, 5.74) is 0. The zero-order valence-electron chi connectivity index (χ0n) is 25.1. The van der Waals surface area contributed by atoms with Crippen LogP contribution in [0.1, 0.15) is 123 Å². The zero-order chi connectivity index (χ0) is 29.6. The Labute approximate surface area is 242 Å². The van der Waals surface area contributed by atoms with Crippen LogP contribution in [0.4, 0.5) is 0 Å². The number of aliphatic hydroxyl groups is 5. The van der Waals surface area contributed by atoms with Gasteiger partial charge in [-0.1, -0.05) is 109 Å². The zero-order valence-corrected chi connectivity index (χ0v) is 25.1. The van der Waals surface area contributed by atoms with Crippen molar-refractivity contribution >= 4 is 5.91 Å². The van der Waals surface area contributed by atoms with Crippen LogP contribution in [0.3, 0.4) is 0 Å². The standard InChI is InChI=1S/C31H59NO8/c1-3-5-7-9-10-11-12-13-14-15-16-17-18-20-25(34)24(32-27(35)21-19-8-6-4-2)23-39-31-30(38)29(37)28(36)26(22-33)40-31/h18,20,24-26,28-31,33-34,36-38H,3-17,19,21-23H2,1-2H3,(H,32,35)/b20-18+. The molecule has 1 aliphatic rings. The molecule has 0 aromatic rings. The highest BCUT2D eigenvalue weighted by Crippen LogP contribution is 2.22. The molecule has 6 N–H and O–H groups in total. The molecule has 7 unspecified atom stereocenters. The van der Waals surface area contributed by atoms with Crippen molar-refractivity contribution in [2.45, 2.75) is 166 Å². The maximum absolute atomic E-state index is 12.5. The molecule has 236 valence electrons. The molecule has 1 amide bonds. The largest absolute Gasteiger partial charge is 0.394 e. The maximum Gasteiger partial charge on any atom is 0.220 e. The van der Waals surface area contributed by atoms with Gasteiger partial charge in [-0.15, -0.1) is 0 Å². The Balaban J connectivity index is 2.49. The van der Waals surface area contributed by atoms with E-state index in [0.717, 1.165) is 44.9 Å². The number of carbonyl (C=O) groups is 1. The predicted octanol–water partition coefficient (Wildman–Crippen LogP) is 3.88. The number of unbranched alkanes of at least 4 members (excludes halogenated alkanes) is 14. The van der Waals surface area contributed by atoms with E-state index in [0.29, 0.717) is 6.42 Å². The summed E-state index contributed by atoms with van der Waals surface area (Å²) in [6.07, 6.45) is 14.6. The smallest absolute Gasteiger partial charge is 0.220 e. The average molecular weight is 574 g/mol. The Hall–Kier alpha value is -1.07. The summed E-state index contributed by atoms with van der Waals surface area (Å²) in [5.74, 6) is -0.198. The molecule has 9 heteroatoms. The van der Waals surface area contributed by atoms with Crippen molar-refractivity contribution < 1.29 is 39.8 Å². The molecule has 1 fully saturated rings. The van der Waals surface area contributed by atoms with Crippen molar-refractivity contribution in [1.82, 2.24) is 5.32 Å². The molecular formula is C31H59NO8. The van der Waals surface area contributed by atoms with Crippen LogP contribution >= 0.6 is 0 Å². The number of hydrogen-bond acceptors (Lipinski definition) is 8. The van der Waals surface area contributed by atoms with Gasteiger partial charge in [-0.05, 0) is 19.3 Å². The van der Waals surface area contributed by atoms with E-state index < -0.39 is 49.5 Å². The minimum atomic E-state index is -1.56. The summed E-state index contributed by atoms with van der Waals surface area (Å²) in [6.45, 7) is 3.59. The van der Waals surface area contributed by atoms with Gasteiger partial charge in [-0.2, -0.15) is 0 Å². The molecular weight excluding hydrogens is 514 g/mol. The van der Waals surface area contributed by atoms with Gasteiger partial charge in [0, 0.05) is 6.42 Å². The second-order valence-corrected chi connectivity index (χ2v) is 11.3. The van der Waals surface area contributed by atoms with E-state index in [4.69, 9.17) is 9.47 Å². The minimum absolute atomic E-state index is 0.187. The number of aliphatic hydroxyl groups excluding tert-OH is 5. The molecule has 0 aromatic heterocycles. The SMILES string of the molecule is CCCCCCCCCCCCC/C=C/C(O)C(COC1OC(CO)C(O)C(O)C1O)NC(=O)CCCCCC. The van der Waals surface area contributed by atoms with Crippen LogP contribution in [0.5, 0.6) is 0 Å². The number of allylic oxidation sites excluding steroid dienone is 1. The predicted molar refractivity (Wildman–Crippen MR) is 157 cm³/mol. The molecule has 0 aliphatic carbocycles. The highest BCUT2D eigenvalue weighted by molar-refractivity contribution is 5.76. The second kappa shape index (κ2) is 23.5. The Morgan fingerprint density at radius 1 is 0.825 bits per heavy atom. The summed E-state index contributed by atoms with van der Waals surface area (Å²) < 4.78 is 11.0. The van der Waals surface area contributed by atoms with E-state index in [9.17, 15) is 30.3 Å². The molecule has 1 saturated heterocycles. The molecule has 7 atom stereocenters. The molecule has 1 rings (SSSR count). The lowest BCUT2D eigenvalue weighted by atomic mass is 9.99. The summed E-state index contributed by atoms with van der Waals surface area (Å²) in [7, 11) is 0. The third kappa shape index (κ3) is 15.8. The van der Waals surface area contributed by atoms with Crippen molar-refractivity contribution in [1.29, 1.82) is 0 Å². The van der Waals surface area contributed by atoms with Crippen LogP contribution in [0.15, 0.2) is 12.2 Å². The summed E-state index contributed by atoms with van der Waals surface area (Å²) in [4.78, 5) is 12.5. The van der Waals surface area contributed by atoms with Gasteiger partial charge in [0.2, 0.25) is 5.91 Å². The quantitative estimate of drug-likeness (QED) is 0.0753. The Kier molecular flexibility index (Phi) is 21.7. The van der Waals surface area contributed by atoms with Gasteiger partial charge in [-0.3, -0.25) is 4.79 Å². The summed E-state index contributed by atoms with van der Waals surface area (Å²) in [6, 6.07) is -0.792. The monoisotopic (exact) mass is 573 g/mol. The summed E-state index contributed by atoms with van der Waals surface area (Å²) in [5, 5.41) is 53.3. The van der Waals surface area contributed by atoms with Crippen LogP contribution < -0.4 is 5.32 Å². The lowest BCUT2D eigenvalue weighted by Gasteiger charge is -2.40. The van der Waals surface area contributed by atoms with Crippen LogP contribution in [0, 0.1) is 0 Å². The molecule has 0 spiro atoms. The molecule has 0 bridgehead atoms. The topological polar surface area (TPSA) is 149 Å². The fourth-order valence-corrected chi connectivity index (χ4v) is 4.92. The van der Waals surface area contributed by atoms with Gasteiger partial charge in [0.15, 0.2) is 6.29 Å². The van der Waals surface area contributed by atoms with E-state index in [1.165, 1.54) is 57.8 Å². The molecule has 40 heavy (non-hydrogen) atoms. The molecule has 1 aliphatic heterocycles. The van der Waals surface area contributed by atoms with Gasteiger partial charge >= 0.3 is 0 Å². The number of amides is 1. The second-order valence-electron chi connectivity index (χ2n) is 11.3. The first-order valence-corrected chi connectivity index (χ1v) is 15.9. The van der Waals surface area contributed by atoms with Gasteiger partial charge in [0.1, 0.15) is 24.4 Å². The fourth-order valence-electron chi connectivity index (χ4n) is 4.92. The van der Waals surface area contributed by atoms with Crippen molar-refractivity contribution in [3.63, 3.8) is 0 Å². The van der Waals surface area contributed by atoms with E-state index >= 15 is 0 Å². The van der Waals surface area contributed by atoms with E-state index in [2.05, 4.69) is 19.2 Å². The lowest BCUT2D eigenvalue weighted by Crippen LogP contribution is -2.60. The maximum atomic E-state index is 12.5. The van der Waals surface area contributed by atoms with Crippen molar-refractivity contribution in [2.75, 3.05) is 13.2 Å². The number of carbonyl (C=O) groups excluding carboxylic acids is 1. The molecule has 9 nitrogen and oxygen atoms in total. The molecule has 1 heterocycles. The van der Waals surface area contributed by atoms with E-state index in [-0.39, 0.29) is 12.5 Å². The van der Waals surface area contributed by atoms with E-state index in [1.54, 1.807) is 6.08 Å². The molecule has 0 saturated carbocycles. The number of nitrogens with one attached hydrogen (secondary N) is 1. The van der Waals surface area contributed by atoms with Crippen LogP contribution in [-0.2, 0) is 14.3 Å². The average Bonchev–Trinajstić information content (AvgIpc) is 2.95. The summed E-state index contributed by atoms with van der Waals surface area (Å²) >= 11 is 0. The fraction of sp³-hybridized carbons (Fsp3) is 0.903.